The number of ether oxygens (including phenoxy) is 1. The van der Waals surface area contributed by atoms with Gasteiger partial charge in [0.1, 0.15) is 5.75 Å². The molecule has 0 aromatic heterocycles. The van der Waals surface area contributed by atoms with Gasteiger partial charge in [-0.3, -0.25) is 10.1 Å². The largest absolute Gasteiger partial charge is 0.481 e. The second kappa shape index (κ2) is 5.92. The van der Waals surface area contributed by atoms with Crippen LogP contribution in [-0.2, 0) is 11.2 Å². The lowest BCUT2D eigenvalue weighted by molar-refractivity contribution is -0.126. The van der Waals surface area contributed by atoms with E-state index < -0.39 is 24.1 Å². The summed E-state index contributed by atoms with van der Waals surface area (Å²) in [6, 6.07) is 4.48. The van der Waals surface area contributed by atoms with Gasteiger partial charge >= 0.3 is 6.03 Å². The molecule has 4 N–H and O–H groups in total. The molecule has 0 saturated carbocycles. The Morgan fingerprint density at radius 1 is 1.50 bits per heavy atom. The number of rotatable bonds is 3. The van der Waals surface area contributed by atoms with Crippen LogP contribution in [0.25, 0.3) is 0 Å². The minimum atomic E-state index is -0.911. The summed E-state index contributed by atoms with van der Waals surface area (Å²) < 4.78 is 5.46. The zero-order valence-electron chi connectivity index (χ0n) is 11.3. The Morgan fingerprint density at radius 2 is 2.25 bits per heavy atom. The van der Waals surface area contributed by atoms with Gasteiger partial charge in [-0.25, -0.2) is 4.79 Å². The molecule has 3 amide bonds. The van der Waals surface area contributed by atoms with Gasteiger partial charge in [0.15, 0.2) is 6.10 Å². The topological polar surface area (TPSA) is 102 Å². The normalized spacial score (nSPS) is 18.8. The molecular weight excluding hydrogens is 260 g/mol. The fraction of sp³-hybridized carbons (Fsp3) is 0.429. The Balaban J connectivity index is 2.08. The molecular formula is C14H18N2O4. The highest BCUT2D eigenvalue weighted by molar-refractivity contribution is 5.95. The highest BCUT2D eigenvalue weighted by Crippen LogP contribution is 2.32. The first-order valence-corrected chi connectivity index (χ1v) is 6.55. The fourth-order valence-corrected chi connectivity index (χ4v) is 2.31. The van der Waals surface area contributed by atoms with Crippen molar-refractivity contribution in [1.29, 1.82) is 0 Å². The maximum atomic E-state index is 11.5. The number of nitrogens with two attached hydrogens (primary N) is 1. The van der Waals surface area contributed by atoms with Gasteiger partial charge in [0.2, 0.25) is 0 Å². The second-order valence-electron chi connectivity index (χ2n) is 4.88. The molecule has 0 spiro atoms. The number of fused-ring (bicyclic) bond motifs is 1. The van der Waals surface area contributed by atoms with Crippen molar-refractivity contribution < 1.29 is 19.4 Å². The minimum Gasteiger partial charge on any atom is -0.481 e. The summed E-state index contributed by atoms with van der Waals surface area (Å²) in [4.78, 5) is 22.1. The molecule has 2 rings (SSSR count). The van der Waals surface area contributed by atoms with Crippen molar-refractivity contribution >= 4 is 11.9 Å². The third-order valence-electron chi connectivity index (χ3n) is 3.33. The van der Waals surface area contributed by atoms with Crippen LogP contribution in [-0.4, -0.2) is 23.1 Å². The van der Waals surface area contributed by atoms with Crippen LogP contribution < -0.4 is 15.8 Å². The number of carbonyl (C=O) groups excluding carboxylic acids is 2. The van der Waals surface area contributed by atoms with Gasteiger partial charge in [0.05, 0.1) is 6.10 Å². The number of amides is 3. The number of carbonyl (C=O) groups is 2. The fourth-order valence-electron chi connectivity index (χ4n) is 2.31. The van der Waals surface area contributed by atoms with E-state index >= 15 is 0 Å². The van der Waals surface area contributed by atoms with Crippen LogP contribution in [0.4, 0.5) is 4.79 Å². The molecule has 1 aromatic rings. The Kier molecular flexibility index (Phi) is 4.24. The second-order valence-corrected chi connectivity index (χ2v) is 4.88. The minimum absolute atomic E-state index is 0.483. The predicted molar refractivity (Wildman–Crippen MR) is 72.2 cm³/mol. The number of imide groups is 1. The smallest absolute Gasteiger partial charge is 0.318 e. The third-order valence-corrected chi connectivity index (χ3v) is 3.33. The number of benzene rings is 1. The lowest BCUT2D eigenvalue weighted by Crippen LogP contribution is -2.42. The van der Waals surface area contributed by atoms with Crippen molar-refractivity contribution in [1.82, 2.24) is 5.32 Å². The highest BCUT2D eigenvalue weighted by Gasteiger charge is 2.20. The van der Waals surface area contributed by atoms with Crippen LogP contribution in [0.15, 0.2) is 18.2 Å². The van der Waals surface area contributed by atoms with Crippen LogP contribution in [0.2, 0.25) is 0 Å². The molecule has 1 aliphatic carbocycles. The van der Waals surface area contributed by atoms with Gasteiger partial charge in [-0.05, 0) is 49.4 Å². The monoisotopic (exact) mass is 278 g/mol. The molecule has 1 aliphatic rings. The highest BCUT2D eigenvalue weighted by atomic mass is 16.5. The molecule has 0 fully saturated rings. The molecule has 0 heterocycles. The van der Waals surface area contributed by atoms with Gasteiger partial charge in [-0.15, -0.1) is 0 Å². The zero-order valence-corrected chi connectivity index (χ0v) is 11.3. The summed E-state index contributed by atoms with van der Waals surface area (Å²) in [7, 11) is 0. The molecule has 2 unspecified atom stereocenters. The maximum Gasteiger partial charge on any atom is 0.318 e. The maximum absolute atomic E-state index is 11.5. The molecule has 20 heavy (non-hydrogen) atoms. The van der Waals surface area contributed by atoms with E-state index in [0.29, 0.717) is 5.75 Å². The summed E-state index contributed by atoms with van der Waals surface area (Å²) in [5.74, 6) is -0.118. The SMILES string of the molecule is CC(Oc1ccc2c(c1)C(O)CCC2)C(=O)NC(N)=O. The molecule has 0 radical (unpaired) electrons. The van der Waals surface area contributed by atoms with Gasteiger partial charge < -0.3 is 15.6 Å². The number of aliphatic hydroxyl groups excluding tert-OH is 1. The lowest BCUT2D eigenvalue weighted by Gasteiger charge is -2.22. The van der Waals surface area contributed by atoms with E-state index in [9.17, 15) is 14.7 Å². The Hall–Kier alpha value is -2.08. The standard InChI is InChI=1S/C14H18N2O4/c1-8(13(18)16-14(15)19)20-10-6-5-9-3-2-4-12(17)11(9)7-10/h5-8,12,17H,2-4H2,1H3,(H3,15,16,18,19). The van der Waals surface area contributed by atoms with Crippen LogP contribution >= 0.6 is 0 Å². The van der Waals surface area contributed by atoms with Crippen LogP contribution in [0.3, 0.4) is 0 Å². The average molecular weight is 278 g/mol. The summed E-state index contributed by atoms with van der Waals surface area (Å²) in [6.45, 7) is 1.52. The summed E-state index contributed by atoms with van der Waals surface area (Å²) >= 11 is 0. The Bertz CT molecular complexity index is 530. The first kappa shape index (κ1) is 14.3. The van der Waals surface area contributed by atoms with E-state index in [0.717, 1.165) is 30.4 Å². The number of urea groups is 1. The first-order chi connectivity index (χ1) is 9.47. The number of aliphatic hydroxyl groups is 1. The zero-order chi connectivity index (χ0) is 14.7. The quantitative estimate of drug-likeness (QED) is 0.768. The summed E-state index contributed by atoms with van der Waals surface area (Å²) in [6.07, 6.45) is 1.29. The van der Waals surface area contributed by atoms with Crippen molar-refractivity contribution in [2.24, 2.45) is 5.73 Å². The predicted octanol–water partition coefficient (Wildman–Crippen LogP) is 1.02. The van der Waals surface area contributed by atoms with E-state index in [2.05, 4.69) is 0 Å². The van der Waals surface area contributed by atoms with Crippen molar-refractivity contribution in [3.05, 3.63) is 29.3 Å². The number of aryl methyl sites for hydroxylation is 1. The van der Waals surface area contributed by atoms with E-state index in [1.807, 2.05) is 11.4 Å². The van der Waals surface area contributed by atoms with Crippen LogP contribution in [0, 0.1) is 0 Å². The number of hydrogen-bond acceptors (Lipinski definition) is 4. The van der Waals surface area contributed by atoms with E-state index in [-0.39, 0.29) is 0 Å². The molecule has 2 atom stereocenters. The molecule has 0 saturated heterocycles. The van der Waals surface area contributed by atoms with Gasteiger partial charge in [0.25, 0.3) is 5.91 Å². The van der Waals surface area contributed by atoms with Gasteiger partial charge in [-0.1, -0.05) is 6.07 Å². The summed E-state index contributed by atoms with van der Waals surface area (Å²) in [5, 5.41) is 11.9. The van der Waals surface area contributed by atoms with Crippen molar-refractivity contribution in [3.8, 4) is 5.75 Å². The Morgan fingerprint density at radius 3 is 2.95 bits per heavy atom. The Labute approximate surface area is 116 Å². The number of nitrogens with one attached hydrogen (secondary N) is 1. The molecule has 108 valence electrons. The van der Waals surface area contributed by atoms with Crippen LogP contribution in [0.1, 0.15) is 37.0 Å². The first-order valence-electron chi connectivity index (χ1n) is 6.55. The average Bonchev–Trinajstić information content (AvgIpc) is 2.39. The van der Waals surface area contributed by atoms with E-state index in [1.165, 1.54) is 6.92 Å². The number of hydrogen-bond donors (Lipinski definition) is 3. The van der Waals surface area contributed by atoms with E-state index in [1.54, 1.807) is 12.1 Å². The van der Waals surface area contributed by atoms with Crippen molar-refractivity contribution in [3.63, 3.8) is 0 Å². The molecule has 0 aliphatic heterocycles. The summed E-state index contributed by atoms with van der Waals surface area (Å²) in [5.41, 5.74) is 6.82. The molecule has 6 heteroatoms. The lowest BCUT2D eigenvalue weighted by atomic mass is 9.89. The van der Waals surface area contributed by atoms with Crippen LogP contribution in [0.5, 0.6) is 5.75 Å². The van der Waals surface area contributed by atoms with E-state index in [4.69, 9.17) is 10.5 Å². The van der Waals surface area contributed by atoms with Crippen molar-refractivity contribution in [2.45, 2.75) is 38.4 Å². The van der Waals surface area contributed by atoms with Crippen molar-refractivity contribution in [2.75, 3.05) is 0 Å². The van der Waals surface area contributed by atoms with Gasteiger partial charge in [0, 0.05) is 0 Å². The van der Waals surface area contributed by atoms with Gasteiger partial charge in [-0.2, -0.15) is 0 Å². The molecule has 6 nitrogen and oxygen atoms in total. The third kappa shape index (κ3) is 3.27. The molecule has 1 aromatic carbocycles. The number of primary amides is 1. The molecule has 0 bridgehead atoms.